The molecular weight excluding hydrogens is 272 g/mol. The maximum absolute atomic E-state index is 8.76. The van der Waals surface area contributed by atoms with Crippen LogP contribution in [0.25, 0.3) is 0 Å². The molecule has 7 heteroatoms. The highest BCUT2D eigenvalue weighted by Crippen LogP contribution is 2.28. The van der Waals surface area contributed by atoms with Crippen molar-refractivity contribution in [2.24, 2.45) is 5.73 Å². The van der Waals surface area contributed by atoms with E-state index in [1.807, 2.05) is 6.26 Å². The van der Waals surface area contributed by atoms with Gasteiger partial charge in [-0.15, -0.1) is 10.2 Å². The van der Waals surface area contributed by atoms with Gasteiger partial charge in [-0.3, -0.25) is 0 Å². The lowest BCUT2D eigenvalue weighted by Crippen LogP contribution is -2.33. The number of unbranched alkanes of at least 4 members (excludes halogenated alkanes) is 1. The van der Waals surface area contributed by atoms with Gasteiger partial charge < -0.3 is 5.73 Å². The van der Waals surface area contributed by atoms with Crippen molar-refractivity contribution in [1.29, 1.82) is 5.26 Å². The monoisotopic (exact) mass is 288 g/mol. The Morgan fingerprint density at radius 2 is 2.12 bits per heavy atom. The first-order valence-electron chi connectivity index (χ1n) is 5.28. The standard InChI is InChI=1S/C10H16N4S3/c1-10(12,7-11)5-3-4-6-16-9-14-13-8(15-2)17-9/h3-6,12H2,1-2H3. The summed E-state index contributed by atoms with van der Waals surface area (Å²) in [6.45, 7) is 1.77. The number of aromatic nitrogens is 2. The van der Waals surface area contributed by atoms with Crippen LogP contribution in [0.2, 0.25) is 0 Å². The van der Waals surface area contributed by atoms with Gasteiger partial charge in [0, 0.05) is 5.75 Å². The van der Waals surface area contributed by atoms with Gasteiger partial charge in [0.05, 0.1) is 6.07 Å². The summed E-state index contributed by atoms with van der Waals surface area (Å²) in [6, 6.07) is 2.11. The highest BCUT2D eigenvalue weighted by atomic mass is 32.2. The van der Waals surface area contributed by atoms with Crippen LogP contribution in [0.3, 0.4) is 0 Å². The lowest BCUT2D eigenvalue weighted by molar-refractivity contribution is 0.519. The Morgan fingerprint density at radius 3 is 2.71 bits per heavy atom. The Labute approximate surface area is 114 Å². The van der Waals surface area contributed by atoms with Gasteiger partial charge in [-0.25, -0.2) is 0 Å². The van der Waals surface area contributed by atoms with Gasteiger partial charge in [0.25, 0.3) is 0 Å². The highest BCUT2D eigenvalue weighted by Gasteiger charge is 2.15. The lowest BCUT2D eigenvalue weighted by atomic mass is 9.99. The van der Waals surface area contributed by atoms with E-state index in [4.69, 9.17) is 11.0 Å². The summed E-state index contributed by atoms with van der Waals surface area (Å²) in [4.78, 5) is 0. The molecule has 1 rings (SSSR count). The third-order valence-electron chi connectivity index (χ3n) is 2.13. The minimum atomic E-state index is -0.681. The molecule has 17 heavy (non-hydrogen) atoms. The number of nitrogens with zero attached hydrogens (tertiary/aromatic N) is 3. The normalized spacial score (nSPS) is 14.2. The fourth-order valence-corrected chi connectivity index (χ4v) is 3.66. The van der Waals surface area contributed by atoms with E-state index >= 15 is 0 Å². The van der Waals surface area contributed by atoms with E-state index in [0.717, 1.165) is 33.7 Å². The minimum absolute atomic E-state index is 0.681. The smallest absolute Gasteiger partial charge is 0.175 e. The third kappa shape index (κ3) is 5.73. The molecule has 0 saturated carbocycles. The van der Waals surface area contributed by atoms with Crippen molar-refractivity contribution >= 4 is 34.9 Å². The second kappa shape index (κ2) is 7.21. The highest BCUT2D eigenvalue weighted by molar-refractivity contribution is 8.02. The van der Waals surface area contributed by atoms with E-state index in [0.29, 0.717) is 0 Å². The zero-order chi connectivity index (χ0) is 12.7. The third-order valence-corrected chi connectivity index (χ3v) is 5.25. The van der Waals surface area contributed by atoms with Gasteiger partial charge in [-0.2, -0.15) is 5.26 Å². The minimum Gasteiger partial charge on any atom is -0.314 e. The van der Waals surface area contributed by atoms with Gasteiger partial charge in [-0.1, -0.05) is 34.9 Å². The van der Waals surface area contributed by atoms with Crippen LogP contribution < -0.4 is 5.73 Å². The zero-order valence-electron chi connectivity index (χ0n) is 9.97. The predicted molar refractivity (Wildman–Crippen MR) is 74.5 cm³/mol. The number of hydrogen-bond donors (Lipinski definition) is 1. The second-order valence-electron chi connectivity index (χ2n) is 3.87. The summed E-state index contributed by atoms with van der Waals surface area (Å²) < 4.78 is 2.02. The van der Waals surface area contributed by atoms with Gasteiger partial charge in [0.1, 0.15) is 5.54 Å². The van der Waals surface area contributed by atoms with Crippen molar-refractivity contribution in [2.75, 3.05) is 12.0 Å². The van der Waals surface area contributed by atoms with Crippen LogP contribution in [0.4, 0.5) is 0 Å². The van der Waals surface area contributed by atoms with E-state index in [-0.39, 0.29) is 0 Å². The Kier molecular flexibility index (Phi) is 6.27. The molecule has 0 saturated heterocycles. The first kappa shape index (κ1) is 14.8. The van der Waals surface area contributed by atoms with Crippen LogP contribution in [-0.4, -0.2) is 27.7 Å². The van der Waals surface area contributed by atoms with E-state index < -0.39 is 5.54 Å². The molecule has 4 nitrogen and oxygen atoms in total. The van der Waals surface area contributed by atoms with Gasteiger partial charge in [-0.05, 0) is 32.4 Å². The number of rotatable bonds is 7. The SMILES string of the molecule is CSc1nnc(SCCCCC(C)(N)C#N)s1. The van der Waals surface area contributed by atoms with E-state index in [2.05, 4.69) is 16.3 Å². The molecule has 1 atom stereocenters. The van der Waals surface area contributed by atoms with Crippen LogP contribution in [0.15, 0.2) is 8.68 Å². The number of thioether (sulfide) groups is 2. The molecule has 0 spiro atoms. The van der Waals surface area contributed by atoms with E-state index in [1.54, 1.807) is 41.8 Å². The second-order valence-corrected chi connectivity index (χ2v) is 7.25. The molecule has 0 aliphatic rings. The summed E-state index contributed by atoms with van der Waals surface area (Å²) in [5.41, 5.74) is 5.06. The molecule has 2 N–H and O–H groups in total. The first-order valence-corrected chi connectivity index (χ1v) is 8.30. The van der Waals surface area contributed by atoms with Crippen molar-refractivity contribution in [3.63, 3.8) is 0 Å². The average molecular weight is 288 g/mol. The average Bonchev–Trinajstić information content (AvgIpc) is 2.76. The molecule has 0 aromatic carbocycles. The van der Waals surface area contributed by atoms with Crippen molar-refractivity contribution in [1.82, 2.24) is 10.2 Å². The van der Waals surface area contributed by atoms with Crippen LogP contribution in [-0.2, 0) is 0 Å². The predicted octanol–water partition coefficient (Wildman–Crippen LogP) is 2.76. The molecule has 0 aliphatic heterocycles. The topological polar surface area (TPSA) is 75.6 Å². The Balaban J connectivity index is 2.15. The molecule has 1 aromatic rings. The van der Waals surface area contributed by atoms with E-state index in [1.165, 1.54) is 0 Å². The summed E-state index contributed by atoms with van der Waals surface area (Å²) in [5.74, 6) is 1.00. The van der Waals surface area contributed by atoms with Gasteiger partial charge in [0.15, 0.2) is 8.68 Å². The van der Waals surface area contributed by atoms with Crippen LogP contribution >= 0.6 is 34.9 Å². The molecule has 0 aliphatic carbocycles. The number of nitrogens with two attached hydrogens (primary N) is 1. The summed E-state index contributed by atoms with van der Waals surface area (Å²) in [7, 11) is 0. The van der Waals surface area contributed by atoms with E-state index in [9.17, 15) is 0 Å². The summed E-state index contributed by atoms with van der Waals surface area (Å²) >= 11 is 4.97. The Morgan fingerprint density at radius 1 is 1.41 bits per heavy atom. The lowest BCUT2D eigenvalue weighted by Gasteiger charge is -2.13. The quantitative estimate of drug-likeness (QED) is 0.614. The number of nitriles is 1. The maximum Gasteiger partial charge on any atom is 0.175 e. The van der Waals surface area contributed by atoms with Crippen LogP contribution in [0.5, 0.6) is 0 Å². The van der Waals surface area contributed by atoms with Gasteiger partial charge >= 0.3 is 0 Å². The van der Waals surface area contributed by atoms with Gasteiger partial charge in [0.2, 0.25) is 0 Å². The van der Waals surface area contributed by atoms with Crippen LogP contribution in [0.1, 0.15) is 26.2 Å². The van der Waals surface area contributed by atoms with Crippen LogP contribution in [0, 0.1) is 11.3 Å². The Bertz CT molecular complexity index is 383. The van der Waals surface area contributed by atoms with Crippen molar-refractivity contribution in [3.8, 4) is 6.07 Å². The summed E-state index contributed by atoms with van der Waals surface area (Å²) in [6.07, 6.45) is 4.77. The largest absolute Gasteiger partial charge is 0.314 e. The molecule has 0 radical (unpaired) electrons. The number of hydrogen-bond acceptors (Lipinski definition) is 7. The fourth-order valence-electron chi connectivity index (χ4n) is 1.15. The van der Waals surface area contributed by atoms with Crippen molar-refractivity contribution < 1.29 is 0 Å². The molecule has 94 valence electrons. The molecule has 1 unspecified atom stereocenters. The molecular formula is C10H16N4S3. The fraction of sp³-hybridized carbons (Fsp3) is 0.700. The summed E-state index contributed by atoms with van der Waals surface area (Å²) in [5, 5.41) is 16.9. The van der Waals surface area contributed by atoms with Crippen molar-refractivity contribution in [2.45, 2.75) is 40.4 Å². The molecule has 1 heterocycles. The maximum atomic E-state index is 8.76. The van der Waals surface area contributed by atoms with Crippen molar-refractivity contribution in [3.05, 3.63) is 0 Å². The Hall–Kier alpha value is -0.290. The molecule has 0 fully saturated rings. The molecule has 0 amide bonds. The molecule has 0 bridgehead atoms. The molecule has 1 aromatic heterocycles. The zero-order valence-corrected chi connectivity index (χ0v) is 12.4. The first-order chi connectivity index (χ1) is 8.07.